The number of hydrogen-bond acceptors (Lipinski definition) is 6. The van der Waals surface area contributed by atoms with Crippen molar-refractivity contribution in [2.24, 2.45) is 0 Å². The highest BCUT2D eigenvalue weighted by atomic mass is 16.7. The molecule has 5 rings (SSSR count). The molecular weight excluding hydrogens is 528 g/mol. The Hall–Kier alpha value is -3.62. The Balaban J connectivity index is 1.32. The summed E-state index contributed by atoms with van der Waals surface area (Å²) in [6, 6.07) is 39.8. The lowest BCUT2D eigenvalue weighted by atomic mass is 9.98. The molecule has 0 aromatic heterocycles. The van der Waals surface area contributed by atoms with Gasteiger partial charge in [-0.25, -0.2) is 0 Å². The van der Waals surface area contributed by atoms with Crippen molar-refractivity contribution >= 4 is 6.08 Å². The fourth-order valence-corrected chi connectivity index (χ4v) is 4.86. The van der Waals surface area contributed by atoms with Crippen molar-refractivity contribution in [1.29, 1.82) is 0 Å². The van der Waals surface area contributed by atoms with Crippen molar-refractivity contribution in [3.8, 4) is 0 Å². The van der Waals surface area contributed by atoms with Crippen molar-refractivity contribution in [2.45, 2.75) is 50.5 Å². The molecule has 42 heavy (non-hydrogen) atoms. The van der Waals surface area contributed by atoms with Crippen molar-refractivity contribution < 1.29 is 28.8 Å². The standard InChI is InChI=1S/C36H38O6/c37-33-35(41-26-31-20-11-4-12-21-31)34(40-25-30-18-9-3-10-19-30)32(27-38-24-29-16-7-2-8-17-29)42-36(33)39-23-13-22-28-14-5-1-6-15-28/h1-22,32-37H,23-27H2/b22-13+/t32-,33-,34-,35-,36+/m1/s1. The van der Waals surface area contributed by atoms with Gasteiger partial charge < -0.3 is 28.8 Å². The van der Waals surface area contributed by atoms with Gasteiger partial charge in [-0.3, -0.25) is 0 Å². The number of benzene rings is 4. The number of aliphatic hydroxyl groups is 1. The van der Waals surface area contributed by atoms with Crippen LogP contribution in [-0.4, -0.2) is 49.0 Å². The van der Waals surface area contributed by atoms with Crippen LogP contribution >= 0.6 is 0 Å². The third kappa shape index (κ3) is 8.94. The van der Waals surface area contributed by atoms with Gasteiger partial charge in [0.2, 0.25) is 0 Å². The Morgan fingerprint density at radius 1 is 0.595 bits per heavy atom. The molecule has 0 unspecified atom stereocenters. The summed E-state index contributed by atoms with van der Waals surface area (Å²) in [5.74, 6) is 0. The minimum absolute atomic E-state index is 0.242. The summed E-state index contributed by atoms with van der Waals surface area (Å²) in [4.78, 5) is 0. The summed E-state index contributed by atoms with van der Waals surface area (Å²) >= 11 is 0. The Morgan fingerprint density at radius 3 is 1.67 bits per heavy atom. The second-order valence-electron chi connectivity index (χ2n) is 10.2. The van der Waals surface area contributed by atoms with Gasteiger partial charge in [0.15, 0.2) is 6.29 Å². The van der Waals surface area contributed by atoms with Crippen LogP contribution in [0.4, 0.5) is 0 Å². The zero-order valence-electron chi connectivity index (χ0n) is 23.6. The molecule has 0 aliphatic carbocycles. The van der Waals surface area contributed by atoms with Crippen LogP contribution in [0.1, 0.15) is 22.3 Å². The summed E-state index contributed by atoms with van der Waals surface area (Å²) in [7, 11) is 0. The Labute approximate surface area is 248 Å². The minimum atomic E-state index is -1.08. The van der Waals surface area contributed by atoms with Crippen LogP contribution in [0.3, 0.4) is 0 Å². The first-order valence-corrected chi connectivity index (χ1v) is 14.4. The Morgan fingerprint density at radius 2 is 1.10 bits per heavy atom. The number of hydrogen-bond donors (Lipinski definition) is 1. The first-order valence-electron chi connectivity index (χ1n) is 14.4. The monoisotopic (exact) mass is 566 g/mol. The van der Waals surface area contributed by atoms with E-state index < -0.39 is 30.7 Å². The lowest BCUT2D eigenvalue weighted by Crippen LogP contribution is -2.61. The molecule has 4 aromatic carbocycles. The molecule has 1 fully saturated rings. The summed E-state index contributed by atoms with van der Waals surface area (Å²) in [6.07, 6.45) is 0.0351. The van der Waals surface area contributed by atoms with Crippen LogP contribution in [0.25, 0.3) is 6.08 Å². The quantitative estimate of drug-likeness (QED) is 0.196. The number of rotatable bonds is 14. The van der Waals surface area contributed by atoms with Gasteiger partial charge in [0, 0.05) is 0 Å². The van der Waals surface area contributed by atoms with Crippen LogP contribution in [0.2, 0.25) is 0 Å². The van der Waals surface area contributed by atoms with Crippen LogP contribution in [-0.2, 0) is 43.5 Å². The summed E-state index contributed by atoms with van der Waals surface area (Å²) < 4.78 is 31.3. The third-order valence-corrected chi connectivity index (χ3v) is 7.05. The van der Waals surface area contributed by atoms with E-state index in [1.807, 2.05) is 133 Å². The predicted molar refractivity (Wildman–Crippen MR) is 162 cm³/mol. The Kier molecular flexibility index (Phi) is 11.5. The van der Waals surface area contributed by atoms with Gasteiger partial charge in [0.1, 0.15) is 24.4 Å². The van der Waals surface area contributed by atoms with Gasteiger partial charge in [-0.2, -0.15) is 0 Å². The highest BCUT2D eigenvalue weighted by molar-refractivity contribution is 5.48. The zero-order chi connectivity index (χ0) is 28.8. The van der Waals surface area contributed by atoms with Crippen LogP contribution < -0.4 is 0 Å². The van der Waals surface area contributed by atoms with Crippen molar-refractivity contribution in [2.75, 3.05) is 13.2 Å². The molecule has 6 nitrogen and oxygen atoms in total. The van der Waals surface area contributed by atoms with Gasteiger partial charge in [-0.15, -0.1) is 0 Å². The molecule has 1 aliphatic rings. The minimum Gasteiger partial charge on any atom is -0.385 e. The molecule has 1 saturated heterocycles. The van der Waals surface area contributed by atoms with Crippen molar-refractivity contribution in [3.63, 3.8) is 0 Å². The SMILES string of the molecule is O[C@H]1[C@@H](OC/C=C/c2ccccc2)O[C@H](COCc2ccccc2)[C@@H](OCc2ccccc2)[C@@H]1OCc1ccccc1. The topological polar surface area (TPSA) is 66.4 Å². The highest BCUT2D eigenvalue weighted by Gasteiger charge is 2.47. The van der Waals surface area contributed by atoms with E-state index in [1.54, 1.807) is 0 Å². The van der Waals surface area contributed by atoms with E-state index in [9.17, 15) is 5.11 Å². The van der Waals surface area contributed by atoms with E-state index in [1.165, 1.54) is 0 Å². The lowest BCUT2D eigenvalue weighted by molar-refractivity contribution is -0.316. The zero-order valence-corrected chi connectivity index (χ0v) is 23.6. The maximum Gasteiger partial charge on any atom is 0.187 e. The molecule has 0 bridgehead atoms. The maximum atomic E-state index is 11.5. The van der Waals surface area contributed by atoms with Crippen LogP contribution in [0.5, 0.6) is 0 Å². The largest absolute Gasteiger partial charge is 0.385 e. The van der Waals surface area contributed by atoms with Crippen molar-refractivity contribution in [3.05, 3.63) is 150 Å². The van der Waals surface area contributed by atoms with Crippen LogP contribution in [0, 0.1) is 0 Å². The summed E-state index contributed by atoms with van der Waals surface area (Å²) in [6.45, 7) is 1.58. The highest BCUT2D eigenvalue weighted by Crippen LogP contribution is 2.29. The number of aliphatic hydroxyl groups excluding tert-OH is 1. The second kappa shape index (κ2) is 16.1. The van der Waals surface area contributed by atoms with E-state index in [0.717, 1.165) is 22.3 Å². The smallest absolute Gasteiger partial charge is 0.187 e. The molecule has 5 atom stereocenters. The number of ether oxygens (including phenoxy) is 5. The van der Waals surface area contributed by atoms with Crippen LogP contribution in [0.15, 0.2) is 127 Å². The van der Waals surface area contributed by atoms with E-state index in [-0.39, 0.29) is 13.2 Å². The van der Waals surface area contributed by atoms with Gasteiger partial charge >= 0.3 is 0 Å². The lowest BCUT2D eigenvalue weighted by Gasteiger charge is -2.44. The fraction of sp³-hybridized carbons (Fsp3) is 0.278. The molecule has 0 spiro atoms. The van der Waals surface area contributed by atoms with Gasteiger partial charge in [0.25, 0.3) is 0 Å². The van der Waals surface area contributed by atoms with Gasteiger partial charge in [-0.05, 0) is 22.3 Å². The maximum absolute atomic E-state index is 11.5. The molecular formula is C36H38O6. The molecule has 0 amide bonds. The average molecular weight is 567 g/mol. The van der Waals surface area contributed by atoms with E-state index >= 15 is 0 Å². The van der Waals surface area contributed by atoms with E-state index in [0.29, 0.717) is 19.8 Å². The van der Waals surface area contributed by atoms with Crippen molar-refractivity contribution in [1.82, 2.24) is 0 Å². The molecule has 1 heterocycles. The van der Waals surface area contributed by atoms with E-state index in [2.05, 4.69) is 0 Å². The Bertz CT molecular complexity index is 1320. The molecule has 218 valence electrons. The van der Waals surface area contributed by atoms with Gasteiger partial charge in [-0.1, -0.05) is 133 Å². The molecule has 4 aromatic rings. The molecule has 1 N–H and O–H groups in total. The molecule has 0 saturated carbocycles. The van der Waals surface area contributed by atoms with Gasteiger partial charge in [0.05, 0.1) is 33.0 Å². The van der Waals surface area contributed by atoms with E-state index in [4.69, 9.17) is 23.7 Å². The first-order chi connectivity index (χ1) is 20.8. The second-order valence-corrected chi connectivity index (χ2v) is 10.2. The summed E-state index contributed by atoms with van der Waals surface area (Å²) in [5, 5.41) is 11.5. The fourth-order valence-electron chi connectivity index (χ4n) is 4.86. The first kappa shape index (κ1) is 29.9. The third-order valence-electron chi connectivity index (χ3n) is 7.05. The molecule has 1 aliphatic heterocycles. The molecule has 0 radical (unpaired) electrons. The predicted octanol–water partition coefficient (Wildman–Crippen LogP) is 6.19. The molecule has 6 heteroatoms. The summed E-state index contributed by atoms with van der Waals surface area (Å²) in [5.41, 5.74) is 4.14. The average Bonchev–Trinajstić information content (AvgIpc) is 3.05. The normalized spacial score (nSPS) is 22.4.